The molecule has 3 atom stereocenters. The lowest BCUT2D eigenvalue weighted by Gasteiger charge is -2.38. The highest BCUT2D eigenvalue weighted by atomic mass is 35.5. The maximum atomic E-state index is 13.6. The van der Waals surface area contributed by atoms with Gasteiger partial charge in [0, 0.05) is 23.7 Å². The van der Waals surface area contributed by atoms with Gasteiger partial charge in [-0.25, -0.2) is 4.39 Å². The van der Waals surface area contributed by atoms with Crippen molar-refractivity contribution in [3.8, 4) is 5.75 Å². The van der Waals surface area contributed by atoms with E-state index in [9.17, 15) is 4.39 Å². The van der Waals surface area contributed by atoms with Gasteiger partial charge < -0.3 is 10.5 Å². The van der Waals surface area contributed by atoms with E-state index in [4.69, 9.17) is 22.1 Å². The van der Waals surface area contributed by atoms with Crippen LogP contribution in [0.2, 0.25) is 5.02 Å². The number of fused-ring (bicyclic) bond motifs is 1. The summed E-state index contributed by atoms with van der Waals surface area (Å²) in [6.45, 7) is 3.98. The standard InChI is InChI=1S/C21H24ClFN2O/c1-13-8-14(22)9-19-18(13)11-20(25-7-3-5-16(24)12-25)21(19)26-17-6-2-4-15(23)10-17/h2,4,6,8-10,16,20-21H,3,5,7,11-12,24H2,1H3/t16-,20+,21+/m1/s1. The third-order valence-electron chi connectivity index (χ3n) is 5.56. The first-order valence-corrected chi connectivity index (χ1v) is 9.60. The third-order valence-corrected chi connectivity index (χ3v) is 5.78. The highest BCUT2D eigenvalue weighted by molar-refractivity contribution is 6.30. The fourth-order valence-electron chi connectivity index (χ4n) is 4.35. The smallest absolute Gasteiger partial charge is 0.140 e. The lowest BCUT2D eigenvalue weighted by molar-refractivity contribution is 0.0591. The van der Waals surface area contributed by atoms with E-state index in [1.807, 2.05) is 12.1 Å². The van der Waals surface area contributed by atoms with Crippen LogP contribution in [0.1, 0.15) is 35.6 Å². The molecule has 1 aliphatic heterocycles. The van der Waals surface area contributed by atoms with Crippen molar-refractivity contribution in [3.05, 3.63) is 63.9 Å². The Kier molecular flexibility index (Phi) is 4.91. The van der Waals surface area contributed by atoms with Gasteiger partial charge in [-0.3, -0.25) is 4.90 Å². The Hall–Kier alpha value is -1.62. The van der Waals surface area contributed by atoms with Crippen molar-refractivity contribution in [3.63, 3.8) is 0 Å². The molecule has 0 bridgehead atoms. The first-order chi connectivity index (χ1) is 12.5. The van der Waals surface area contributed by atoms with Gasteiger partial charge in [-0.05, 0) is 73.7 Å². The average molecular weight is 375 g/mol. The fraction of sp³-hybridized carbons (Fsp3) is 0.429. The monoisotopic (exact) mass is 374 g/mol. The molecule has 2 N–H and O–H groups in total. The Bertz CT molecular complexity index is 813. The molecule has 1 fully saturated rings. The number of aryl methyl sites for hydroxylation is 1. The number of benzene rings is 2. The molecule has 0 unspecified atom stereocenters. The highest BCUT2D eigenvalue weighted by Crippen LogP contribution is 2.41. The number of likely N-dealkylation sites (tertiary alicyclic amines) is 1. The van der Waals surface area contributed by atoms with Gasteiger partial charge in [-0.1, -0.05) is 17.7 Å². The second kappa shape index (κ2) is 7.18. The van der Waals surface area contributed by atoms with Crippen LogP contribution in [-0.4, -0.2) is 30.1 Å². The zero-order valence-corrected chi connectivity index (χ0v) is 15.7. The number of rotatable bonds is 3. The second-order valence-corrected chi connectivity index (χ2v) is 7.89. The van der Waals surface area contributed by atoms with Crippen molar-refractivity contribution in [1.82, 2.24) is 4.90 Å². The summed E-state index contributed by atoms with van der Waals surface area (Å²) in [6, 6.07) is 10.7. The first kappa shape index (κ1) is 17.8. The summed E-state index contributed by atoms with van der Waals surface area (Å²) < 4.78 is 20.0. The van der Waals surface area contributed by atoms with E-state index in [-0.39, 0.29) is 24.0 Å². The number of ether oxygens (including phenoxy) is 1. The average Bonchev–Trinajstić information content (AvgIpc) is 2.94. The third kappa shape index (κ3) is 3.46. The molecule has 2 aliphatic rings. The Morgan fingerprint density at radius 1 is 1.27 bits per heavy atom. The molecule has 2 aromatic rings. The summed E-state index contributed by atoms with van der Waals surface area (Å²) in [5.41, 5.74) is 9.81. The number of halogens is 2. The largest absolute Gasteiger partial charge is 0.484 e. The van der Waals surface area contributed by atoms with Crippen molar-refractivity contribution in [2.45, 2.75) is 44.4 Å². The molecular weight excluding hydrogens is 351 g/mol. The Morgan fingerprint density at radius 3 is 2.88 bits per heavy atom. The molecule has 1 aliphatic carbocycles. The van der Waals surface area contributed by atoms with Gasteiger partial charge in [-0.2, -0.15) is 0 Å². The van der Waals surface area contributed by atoms with Crippen molar-refractivity contribution >= 4 is 11.6 Å². The van der Waals surface area contributed by atoms with Crippen LogP contribution in [0.4, 0.5) is 4.39 Å². The summed E-state index contributed by atoms with van der Waals surface area (Å²) in [5.74, 6) is 0.256. The van der Waals surface area contributed by atoms with Crippen LogP contribution in [0.15, 0.2) is 36.4 Å². The molecule has 1 saturated heterocycles. The normalized spacial score (nSPS) is 25.9. The van der Waals surface area contributed by atoms with E-state index in [1.54, 1.807) is 12.1 Å². The van der Waals surface area contributed by atoms with Crippen LogP contribution >= 0.6 is 11.6 Å². The number of hydrogen-bond donors (Lipinski definition) is 1. The number of piperidine rings is 1. The molecule has 0 saturated carbocycles. The minimum Gasteiger partial charge on any atom is -0.484 e. The Balaban J connectivity index is 1.70. The first-order valence-electron chi connectivity index (χ1n) is 9.22. The summed E-state index contributed by atoms with van der Waals surface area (Å²) in [5, 5.41) is 0.713. The molecule has 3 nitrogen and oxygen atoms in total. The second-order valence-electron chi connectivity index (χ2n) is 7.46. The van der Waals surface area contributed by atoms with Gasteiger partial charge in [0.1, 0.15) is 17.7 Å². The molecule has 0 radical (unpaired) electrons. The lowest BCUT2D eigenvalue weighted by atomic mass is 10.0. The molecular formula is C21H24ClFN2O. The summed E-state index contributed by atoms with van der Waals surface area (Å²) >= 11 is 6.33. The molecule has 4 rings (SSSR count). The van der Waals surface area contributed by atoms with E-state index < -0.39 is 0 Å². The van der Waals surface area contributed by atoms with Crippen LogP contribution in [0.3, 0.4) is 0 Å². The Morgan fingerprint density at radius 2 is 2.12 bits per heavy atom. The number of hydrogen-bond acceptors (Lipinski definition) is 3. The molecule has 138 valence electrons. The molecule has 0 amide bonds. The van der Waals surface area contributed by atoms with E-state index >= 15 is 0 Å². The molecule has 2 aromatic carbocycles. The van der Waals surface area contributed by atoms with E-state index in [0.717, 1.165) is 37.9 Å². The minimum atomic E-state index is -0.292. The van der Waals surface area contributed by atoms with E-state index in [1.165, 1.54) is 23.3 Å². The maximum Gasteiger partial charge on any atom is 0.140 e. The predicted molar refractivity (Wildman–Crippen MR) is 102 cm³/mol. The molecule has 0 spiro atoms. The van der Waals surface area contributed by atoms with Gasteiger partial charge >= 0.3 is 0 Å². The summed E-state index contributed by atoms with van der Waals surface area (Å²) in [7, 11) is 0. The van der Waals surface area contributed by atoms with E-state index in [2.05, 4.69) is 11.8 Å². The molecule has 0 aromatic heterocycles. The Labute approximate surface area is 158 Å². The van der Waals surface area contributed by atoms with Crippen LogP contribution in [0, 0.1) is 12.7 Å². The van der Waals surface area contributed by atoms with Gasteiger partial charge in [0.05, 0.1) is 6.04 Å². The van der Waals surface area contributed by atoms with Crippen LogP contribution in [0.25, 0.3) is 0 Å². The fourth-order valence-corrected chi connectivity index (χ4v) is 4.63. The number of nitrogens with two attached hydrogens (primary N) is 1. The lowest BCUT2D eigenvalue weighted by Crippen LogP contribution is -2.49. The van der Waals surface area contributed by atoms with Gasteiger partial charge in [-0.15, -0.1) is 0 Å². The molecule has 26 heavy (non-hydrogen) atoms. The van der Waals surface area contributed by atoms with Gasteiger partial charge in [0.2, 0.25) is 0 Å². The predicted octanol–water partition coefficient (Wildman–Crippen LogP) is 4.26. The minimum absolute atomic E-state index is 0.172. The highest BCUT2D eigenvalue weighted by Gasteiger charge is 2.40. The zero-order chi connectivity index (χ0) is 18.3. The van der Waals surface area contributed by atoms with Crippen molar-refractivity contribution in [2.24, 2.45) is 5.73 Å². The molecule has 5 heteroatoms. The maximum absolute atomic E-state index is 13.6. The van der Waals surface area contributed by atoms with Crippen LogP contribution < -0.4 is 10.5 Å². The summed E-state index contributed by atoms with van der Waals surface area (Å²) in [4.78, 5) is 2.44. The molecule has 1 heterocycles. The van der Waals surface area contributed by atoms with Gasteiger partial charge in [0.15, 0.2) is 0 Å². The summed E-state index contributed by atoms with van der Waals surface area (Å²) in [6.07, 6.45) is 2.90. The van der Waals surface area contributed by atoms with Crippen molar-refractivity contribution < 1.29 is 9.13 Å². The van der Waals surface area contributed by atoms with Crippen molar-refractivity contribution in [2.75, 3.05) is 13.1 Å². The number of nitrogens with zero attached hydrogens (tertiary/aromatic N) is 1. The zero-order valence-electron chi connectivity index (χ0n) is 14.9. The van der Waals surface area contributed by atoms with Crippen LogP contribution in [-0.2, 0) is 6.42 Å². The quantitative estimate of drug-likeness (QED) is 0.872. The SMILES string of the molecule is Cc1cc(Cl)cc2c1C[C@H](N1CCC[C@@H](N)C1)[C@H]2Oc1cccc(F)c1. The van der Waals surface area contributed by atoms with E-state index in [0.29, 0.717) is 10.8 Å². The topological polar surface area (TPSA) is 38.5 Å². The van der Waals surface area contributed by atoms with Crippen molar-refractivity contribution in [1.29, 1.82) is 0 Å². The van der Waals surface area contributed by atoms with Gasteiger partial charge in [0.25, 0.3) is 0 Å². The van der Waals surface area contributed by atoms with Crippen LogP contribution in [0.5, 0.6) is 5.75 Å².